The number of carbonyl (C=O) groups excluding carboxylic acids is 1. The number of rotatable bonds is 8. The number of amides is 1. The molecule has 31 heavy (non-hydrogen) atoms. The maximum atomic E-state index is 12.4. The molecule has 1 amide bonds. The van der Waals surface area contributed by atoms with Gasteiger partial charge in [-0.15, -0.1) is 0 Å². The Bertz CT molecular complexity index is 1010. The van der Waals surface area contributed by atoms with Crippen LogP contribution in [0.5, 0.6) is 0 Å². The van der Waals surface area contributed by atoms with Gasteiger partial charge in [-0.3, -0.25) is 9.69 Å². The molecule has 2 heterocycles. The SMILES string of the molecule is CCCCNC(=O)C1CCN(Cc2nc3ccccc3n2Cc2ccc(Cl)cc2)CC1. The van der Waals surface area contributed by atoms with E-state index >= 15 is 0 Å². The molecule has 1 saturated heterocycles. The lowest BCUT2D eigenvalue weighted by Crippen LogP contribution is -2.40. The van der Waals surface area contributed by atoms with Crippen LogP contribution in [0.25, 0.3) is 11.0 Å². The van der Waals surface area contributed by atoms with E-state index in [9.17, 15) is 4.79 Å². The number of hydrogen-bond acceptors (Lipinski definition) is 3. The number of likely N-dealkylation sites (tertiary alicyclic amines) is 1. The van der Waals surface area contributed by atoms with Crippen LogP contribution in [-0.2, 0) is 17.9 Å². The average Bonchev–Trinajstić information content (AvgIpc) is 3.13. The van der Waals surface area contributed by atoms with Crippen molar-refractivity contribution in [2.75, 3.05) is 19.6 Å². The molecular weight excluding hydrogens is 408 g/mol. The van der Waals surface area contributed by atoms with Gasteiger partial charge in [-0.1, -0.05) is 49.2 Å². The van der Waals surface area contributed by atoms with E-state index in [1.54, 1.807) is 0 Å². The minimum atomic E-state index is 0.140. The Kier molecular flexibility index (Phi) is 7.25. The molecule has 1 aliphatic rings. The highest BCUT2D eigenvalue weighted by atomic mass is 35.5. The van der Waals surface area contributed by atoms with E-state index in [1.807, 2.05) is 18.2 Å². The van der Waals surface area contributed by atoms with E-state index in [4.69, 9.17) is 16.6 Å². The number of fused-ring (bicyclic) bond motifs is 1. The van der Waals surface area contributed by atoms with Gasteiger partial charge in [0.25, 0.3) is 0 Å². The number of nitrogens with one attached hydrogen (secondary N) is 1. The highest BCUT2D eigenvalue weighted by Crippen LogP contribution is 2.23. The third-order valence-electron chi connectivity index (χ3n) is 6.14. The second-order valence-electron chi connectivity index (χ2n) is 8.42. The monoisotopic (exact) mass is 438 g/mol. The van der Waals surface area contributed by atoms with Crippen LogP contribution in [0.1, 0.15) is 44.0 Å². The molecule has 5 nitrogen and oxygen atoms in total. The molecule has 3 aromatic rings. The Morgan fingerprint density at radius 3 is 2.58 bits per heavy atom. The van der Waals surface area contributed by atoms with Crippen LogP contribution in [0.15, 0.2) is 48.5 Å². The van der Waals surface area contributed by atoms with Crippen molar-refractivity contribution in [3.05, 3.63) is 64.9 Å². The van der Waals surface area contributed by atoms with Crippen molar-refractivity contribution in [1.29, 1.82) is 0 Å². The number of hydrogen-bond donors (Lipinski definition) is 1. The van der Waals surface area contributed by atoms with Crippen LogP contribution < -0.4 is 5.32 Å². The molecule has 0 bridgehead atoms. The number of aromatic nitrogens is 2. The maximum Gasteiger partial charge on any atom is 0.223 e. The van der Waals surface area contributed by atoms with Crippen LogP contribution in [0.3, 0.4) is 0 Å². The number of para-hydroxylation sites is 2. The fourth-order valence-corrected chi connectivity index (χ4v) is 4.41. The Morgan fingerprint density at radius 1 is 1.10 bits per heavy atom. The van der Waals surface area contributed by atoms with Crippen LogP contribution in [0, 0.1) is 5.92 Å². The summed E-state index contributed by atoms with van der Waals surface area (Å²) in [7, 11) is 0. The van der Waals surface area contributed by atoms with Gasteiger partial charge in [-0.2, -0.15) is 0 Å². The van der Waals surface area contributed by atoms with Crippen molar-refractivity contribution in [2.24, 2.45) is 5.92 Å². The summed E-state index contributed by atoms with van der Waals surface area (Å²) in [5.74, 6) is 1.44. The third kappa shape index (κ3) is 5.46. The molecule has 4 rings (SSSR count). The van der Waals surface area contributed by atoms with Gasteiger partial charge in [0.2, 0.25) is 5.91 Å². The van der Waals surface area contributed by atoms with Gasteiger partial charge >= 0.3 is 0 Å². The largest absolute Gasteiger partial charge is 0.356 e. The first-order valence-electron chi connectivity index (χ1n) is 11.3. The maximum absolute atomic E-state index is 12.4. The third-order valence-corrected chi connectivity index (χ3v) is 6.39. The predicted molar refractivity (Wildman–Crippen MR) is 126 cm³/mol. The minimum Gasteiger partial charge on any atom is -0.356 e. The van der Waals surface area contributed by atoms with E-state index in [2.05, 4.69) is 52.0 Å². The summed E-state index contributed by atoms with van der Waals surface area (Å²) < 4.78 is 2.31. The lowest BCUT2D eigenvalue weighted by atomic mass is 9.96. The van der Waals surface area contributed by atoms with Gasteiger partial charge in [0.05, 0.1) is 17.6 Å². The number of unbranched alkanes of at least 4 members (excludes halogenated alkanes) is 1. The Hall–Kier alpha value is -2.37. The van der Waals surface area contributed by atoms with Gasteiger partial charge in [0, 0.05) is 24.0 Å². The predicted octanol–water partition coefficient (Wildman–Crippen LogP) is 4.87. The molecule has 1 N–H and O–H groups in total. The number of halogens is 1. The van der Waals surface area contributed by atoms with Crippen LogP contribution in [-0.4, -0.2) is 40.0 Å². The van der Waals surface area contributed by atoms with Crippen LogP contribution in [0.4, 0.5) is 0 Å². The molecule has 2 aromatic carbocycles. The van der Waals surface area contributed by atoms with Gasteiger partial charge in [0.1, 0.15) is 5.82 Å². The van der Waals surface area contributed by atoms with E-state index in [0.717, 1.165) is 80.3 Å². The molecule has 0 saturated carbocycles. The lowest BCUT2D eigenvalue weighted by Gasteiger charge is -2.31. The molecule has 0 spiro atoms. The lowest BCUT2D eigenvalue weighted by molar-refractivity contribution is -0.126. The number of carbonyl (C=O) groups is 1. The molecule has 0 aliphatic carbocycles. The summed E-state index contributed by atoms with van der Waals surface area (Å²) in [4.78, 5) is 19.7. The first-order valence-corrected chi connectivity index (χ1v) is 11.7. The quantitative estimate of drug-likeness (QED) is 0.510. The molecule has 164 valence electrons. The standard InChI is InChI=1S/C25H31ClN4O/c1-2-3-14-27-25(31)20-12-15-29(16-13-20)18-24-28-22-6-4-5-7-23(22)30(24)17-19-8-10-21(26)11-9-19/h4-11,20H,2-3,12-18H2,1H3,(H,27,31). The summed E-state index contributed by atoms with van der Waals surface area (Å²) in [6.45, 7) is 6.36. The smallest absolute Gasteiger partial charge is 0.223 e. The highest BCUT2D eigenvalue weighted by Gasteiger charge is 2.25. The van der Waals surface area contributed by atoms with Gasteiger partial charge in [-0.25, -0.2) is 4.98 Å². The van der Waals surface area contributed by atoms with Gasteiger partial charge < -0.3 is 9.88 Å². The van der Waals surface area contributed by atoms with Crippen molar-refractivity contribution in [1.82, 2.24) is 19.8 Å². The second-order valence-corrected chi connectivity index (χ2v) is 8.86. The molecule has 1 aliphatic heterocycles. The summed E-state index contributed by atoms with van der Waals surface area (Å²) in [5, 5.41) is 3.84. The van der Waals surface area contributed by atoms with Gasteiger partial charge in [0.15, 0.2) is 0 Å². The topological polar surface area (TPSA) is 50.2 Å². The van der Waals surface area contributed by atoms with Crippen LogP contribution in [0.2, 0.25) is 5.02 Å². The molecule has 1 fully saturated rings. The van der Waals surface area contributed by atoms with E-state index < -0.39 is 0 Å². The molecular formula is C25H31ClN4O. The van der Waals surface area contributed by atoms with Crippen molar-refractivity contribution < 1.29 is 4.79 Å². The zero-order valence-electron chi connectivity index (χ0n) is 18.2. The van der Waals surface area contributed by atoms with Crippen molar-refractivity contribution in [3.8, 4) is 0 Å². The molecule has 0 atom stereocenters. The second kappa shape index (κ2) is 10.3. The first kappa shape index (κ1) is 21.8. The zero-order chi connectivity index (χ0) is 21.6. The highest BCUT2D eigenvalue weighted by molar-refractivity contribution is 6.30. The molecule has 6 heteroatoms. The molecule has 0 unspecified atom stereocenters. The van der Waals surface area contributed by atoms with Crippen molar-refractivity contribution in [2.45, 2.75) is 45.7 Å². The van der Waals surface area contributed by atoms with Crippen molar-refractivity contribution >= 4 is 28.5 Å². The molecule has 0 radical (unpaired) electrons. The Labute approximate surface area is 189 Å². The summed E-state index contributed by atoms with van der Waals surface area (Å²) in [6, 6.07) is 16.3. The summed E-state index contributed by atoms with van der Waals surface area (Å²) in [6.07, 6.45) is 3.98. The number of piperidine rings is 1. The van der Waals surface area contributed by atoms with E-state index in [0.29, 0.717) is 0 Å². The fourth-order valence-electron chi connectivity index (χ4n) is 4.28. The van der Waals surface area contributed by atoms with E-state index in [-0.39, 0.29) is 11.8 Å². The average molecular weight is 439 g/mol. The summed E-state index contributed by atoms with van der Waals surface area (Å²) >= 11 is 6.06. The normalized spacial score (nSPS) is 15.4. The number of imidazole rings is 1. The Morgan fingerprint density at radius 2 is 1.84 bits per heavy atom. The van der Waals surface area contributed by atoms with E-state index in [1.165, 1.54) is 5.56 Å². The minimum absolute atomic E-state index is 0.140. The van der Waals surface area contributed by atoms with Gasteiger partial charge in [-0.05, 0) is 62.2 Å². The zero-order valence-corrected chi connectivity index (χ0v) is 18.9. The first-order chi connectivity index (χ1) is 15.1. The number of benzene rings is 2. The van der Waals surface area contributed by atoms with Crippen molar-refractivity contribution in [3.63, 3.8) is 0 Å². The summed E-state index contributed by atoms with van der Waals surface area (Å²) in [5.41, 5.74) is 3.38. The molecule has 1 aromatic heterocycles. The number of nitrogens with zero attached hydrogens (tertiary/aromatic N) is 3. The Balaban J connectivity index is 1.44. The fraction of sp³-hybridized carbons (Fsp3) is 0.440. The van der Waals surface area contributed by atoms with Crippen LogP contribution >= 0.6 is 11.6 Å².